The Morgan fingerprint density at radius 2 is 1.91 bits per heavy atom. The van der Waals surface area contributed by atoms with Crippen LogP contribution in [0.4, 0.5) is 5.69 Å². The van der Waals surface area contributed by atoms with Crippen LogP contribution in [0.25, 0.3) is 16.7 Å². The van der Waals surface area contributed by atoms with E-state index in [-0.39, 0.29) is 12.5 Å². The second-order valence-corrected chi connectivity index (χ2v) is 7.36. The van der Waals surface area contributed by atoms with E-state index < -0.39 is 0 Å². The first-order valence-corrected chi connectivity index (χ1v) is 10.2. The number of carbonyl (C=O) groups is 1. The minimum atomic E-state index is -0.344. The van der Waals surface area contributed by atoms with Crippen LogP contribution in [0.3, 0.4) is 0 Å². The lowest BCUT2D eigenvalue weighted by Gasteiger charge is -2.13. The lowest BCUT2D eigenvalue weighted by molar-refractivity contribution is 0.101. The van der Waals surface area contributed by atoms with Gasteiger partial charge in [-0.15, -0.1) is 0 Å². The standard InChI is InChI=1S/C24H20N6O3/c1-15-11-20(30-24(27-15)25-14-26-30)23(31)29-17-9-10-21(32-2)22(12-17)33-13-18-8-7-16-5-3-4-6-19(16)28-18/h3-12,14H,13H2,1-2H3,(H,29,31). The summed E-state index contributed by atoms with van der Waals surface area (Å²) in [7, 11) is 1.57. The molecule has 0 aliphatic rings. The van der Waals surface area contributed by atoms with Gasteiger partial charge in [0.2, 0.25) is 0 Å². The average molecular weight is 440 g/mol. The third-order valence-electron chi connectivity index (χ3n) is 5.07. The molecular formula is C24H20N6O3. The third-order valence-corrected chi connectivity index (χ3v) is 5.07. The number of nitrogens with one attached hydrogen (secondary N) is 1. The lowest BCUT2D eigenvalue weighted by Crippen LogP contribution is -2.17. The van der Waals surface area contributed by atoms with Crippen molar-refractivity contribution in [1.29, 1.82) is 0 Å². The molecule has 33 heavy (non-hydrogen) atoms. The van der Waals surface area contributed by atoms with Crippen LogP contribution in [0.5, 0.6) is 11.5 Å². The number of pyridine rings is 1. The van der Waals surface area contributed by atoms with Gasteiger partial charge in [-0.1, -0.05) is 24.3 Å². The van der Waals surface area contributed by atoms with Crippen LogP contribution in [0, 0.1) is 6.92 Å². The number of methoxy groups -OCH3 is 1. The third kappa shape index (κ3) is 4.16. The molecule has 2 aromatic carbocycles. The van der Waals surface area contributed by atoms with Crippen LogP contribution in [-0.2, 0) is 6.61 Å². The van der Waals surface area contributed by atoms with Crippen molar-refractivity contribution in [2.75, 3.05) is 12.4 Å². The summed E-state index contributed by atoms with van der Waals surface area (Å²) in [6, 6.07) is 18.7. The van der Waals surface area contributed by atoms with Crippen LogP contribution in [-0.4, -0.2) is 37.6 Å². The second kappa shape index (κ2) is 8.54. The van der Waals surface area contributed by atoms with E-state index >= 15 is 0 Å². The zero-order valence-corrected chi connectivity index (χ0v) is 18.0. The first kappa shape index (κ1) is 20.4. The molecule has 0 unspecified atom stereocenters. The number of hydrogen-bond donors (Lipinski definition) is 1. The Labute approximate surface area is 189 Å². The summed E-state index contributed by atoms with van der Waals surface area (Å²) in [5.41, 5.74) is 3.23. The molecule has 0 aliphatic heterocycles. The molecule has 3 aromatic heterocycles. The summed E-state index contributed by atoms with van der Waals surface area (Å²) in [4.78, 5) is 25.9. The lowest BCUT2D eigenvalue weighted by atomic mass is 10.2. The van der Waals surface area contributed by atoms with Crippen molar-refractivity contribution in [3.05, 3.63) is 84.1 Å². The predicted molar refractivity (Wildman–Crippen MR) is 123 cm³/mol. The van der Waals surface area contributed by atoms with E-state index in [9.17, 15) is 4.79 Å². The summed E-state index contributed by atoms with van der Waals surface area (Å²) in [5.74, 6) is 1.05. The van der Waals surface area contributed by atoms with Crippen LogP contribution in [0.1, 0.15) is 21.9 Å². The van der Waals surface area contributed by atoms with E-state index in [0.717, 1.165) is 16.6 Å². The maximum absolute atomic E-state index is 12.9. The van der Waals surface area contributed by atoms with Crippen LogP contribution in [0.2, 0.25) is 0 Å². The van der Waals surface area contributed by atoms with Crippen molar-refractivity contribution >= 4 is 28.3 Å². The Bertz CT molecular complexity index is 1480. The largest absolute Gasteiger partial charge is 0.493 e. The fourth-order valence-corrected chi connectivity index (χ4v) is 3.50. The molecule has 9 heteroatoms. The van der Waals surface area contributed by atoms with Gasteiger partial charge in [-0.05, 0) is 37.3 Å². The van der Waals surface area contributed by atoms with Gasteiger partial charge in [-0.25, -0.2) is 9.97 Å². The van der Waals surface area contributed by atoms with Gasteiger partial charge in [-0.2, -0.15) is 14.6 Å². The number of ether oxygens (including phenoxy) is 2. The molecule has 9 nitrogen and oxygen atoms in total. The number of fused-ring (bicyclic) bond motifs is 2. The Morgan fingerprint density at radius 3 is 2.79 bits per heavy atom. The normalized spacial score (nSPS) is 11.0. The molecule has 0 atom stereocenters. The summed E-state index contributed by atoms with van der Waals surface area (Å²) >= 11 is 0. The van der Waals surface area contributed by atoms with Crippen molar-refractivity contribution < 1.29 is 14.3 Å². The molecule has 164 valence electrons. The molecule has 5 rings (SSSR count). The average Bonchev–Trinajstić information content (AvgIpc) is 3.30. The van der Waals surface area contributed by atoms with Gasteiger partial charge in [0.1, 0.15) is 18.6 Å². The number of hydrogen-bond acceptors (Lipinski definition) is 7. The molecule has 0 bridgehead atoms. The first-order chi connectivity index (χ1) is 16.1. The summed E-state index contributed by atoms with van der Waals surface area (Å²) in [5, 5.41) is 8.02. The molecule has 0 radical (unpaired) electrons. The van der Waals surface area contributed by atoms with E-state index in [0.29, 0.717) is 34.4 Å². The molecular weight excluding hydrogens is 420 g/mol. The highest BCUT2D eigenvalue weighted by molar-refractivity contribution is 6.03. The maximum Gasteiger partial charge on any atom is 0.274 e. The number of para-hydroxylation sites is 1. The fraction of sp³-hybridized carbons (Fsp3) is 0.125. The Hall–Kier alpha value is -4.53. The van der Waals surface area contributed by atoms with Gasteiger partial charge in [-0.3, -0.25) is 4.79 Å². The van der Waals surface area contributed by atoms with Gasteiger partial charge in [0.15, 0.2) is 11.5 Å². The molecule has 0 saturated carbocycles. The van der Waals surface area contributed by atoms with E-state index in [1.54, 1.807) is 38.3 Å². The number of anilines is 1. The van der Waals surface area contributed by atoms with Gasteiger partial charge < -0.3 is 14.8 Å². The van der Waals surface area contributed by atoms with E-state index in [1.807, 2.05) is 36.4 Å². The quantitative estimate of drug-likeness (QED) is 0.428. The summed E-state index contributed by atoms with van der Waals surface area (Å²) < 4.78 is 12.8. The fourth-order valence-electron chi connectivity index (χ4n) is 3.50. The molecule has 0 saturated heterocycles. The molecule has 0 spiro atoms. The van der Waals surface area contributed by atoms with Gasteiger partial charge >= 0.3 is 0 Å². The Balaban J connectivity index is 1.37. The molecule has 0 fully saturated rings. The minimum Gasteiger partial charge on any atom is -0.493 e. The monoisotopic (exact) mass is 440 g/mol. The number of benzene rings is 2. The van der Waals surface area contributed by atoms with Crippen molar-refractivity contribution in [2.45, 2.75) is 13.5 Å². The predicted octanol–water partition coefficient (Wildman–Crippen LogP) is 3.82. The van der Waals surface area contributed by atoms with Crippen molar-refractivity contribution in [2.24, 2.45) is 0 Å². The summed E-state index contributed by atoms with van der Waals surface area (Å²) in [6.45, 7) is 2.05. The van der Waals surface area contributed by atoms with E-state index in [1.165, 1.54) is 10.8 Å². The Morgan fingerprint density at radius 1 is 1.03 bits per heavy atom. The smallest absolute Gasteiger partial charge is 0.274 e. The number of nitrogens with zero attached hydrogens (tertiary/aromatic N) is 5. The zero-order chi connectivity index (χ0) is 22.8. The molecule has 0 aliphatic carbocycles. The van der Waals surface area contributed by atoms with Gasteiger partial charge in [0, 0.05) is 22.8 Å². The van der Waals surface area contributed by atoms with E-state index in [2.05, 4.69) is 25.4 Å². The van der Waals surface area contributed by atoms with Crippen molar-refractivity contribution in [3.8, 4) is 11.5 Å². The number of aromatic nitrogens is 5. The van der Waals surface area contributed by atoms with Gasteiger partial charge in [0.25, 0.3) is 11.7 Å². The van der Waals surface area contributed by atoms with Crippen molar-refractivity contribution in [1.82, 2.24) is 24.6 Å². The highest BCUT2D eigenvalue weighted by Crippen LogP contribution is 2.31. The first-order valence-electron chi connectivity index (χ1n) is 10.2. The van der Waals surface area contributed by atoms with Crippen LogP contribution < -0.4 is 14.8 Å². The topological polar surface area (TPSA) is 104 Å². The zero-order valence-electron chi connectivity index (χ0n) is 18.0. The van der Waals surface area contributed by atoms with Gasteiger partial charge in [0.05, 0.1) is 18.3 Å². The maximum atomic E-state index is 12.9. The molecule has 1 N–H and O–H groups in total. The highest BCUT2D eigenvalue weighted by Gasteiger charge is 2.15. The van der Waals surface area contributed by atoms with E-state index in [4.69, 9.17) is 9.47 Å². The summed E-state index contributed by atoms with van der Waals surface area (Å²) in [6.07, 6.45) is 1.36. The van der Waals surface area contributed by atoms with Crippen molar-refractivity contribution in [3.63, 3.8) is 0 Å². The number of carbonyl (C=O) groups excluding carboxylic acids is 1. The Kier molecular flexibility index (Phi) is 5.27. The number of aryl methyl sites for hydroxylation is 1. The molecule has 1 amide bonds. The molecule has 3 heterocycles. The van der Waals surface area contributed by atoms with Crippen LogP contribution >= 0.6 is 0 Å². The SMILES string of the molecule is COc1ccc(NC(=O)c2cc(C)nc3ncnn23)cc1OCc1ccc2ccccc2n1. The number of rotatable bonds is 6. The highest BCUT2D eigenvalue weighted by atomic mass is 16.5. The minimum absolute atomic E-state index is 0.252. The number of amides is 1. The second-order valence-electron chi connectivity index (χ2n) is 7.36. The molecule has 5 aromatic rings. The van der Waals surface area contributed by atoms with Crippen LogP contribution in [0.15, 0.2) is 67.0 Å².